The van der Waals surface area contributed by atoms with E-state index in [1.807, 2.05) is 23.6 Å². The van der Waals surface area contributed by atoms with Crippen LogP contribution in [0.15, 0.2) is 38.7 Å². The van der Waals surface area contributed by atoms with Crippen LogP contribution in [0.25, 0.3) is 10.6 Å². The topological polar surface area (TPSA) is 13.1 Å². The summed E-state index contributed by atoms with van der Waals surface area (Å²) in [5.41, 5.74) is 0. The van der Waals surface area contributed by atoms with Crippen molar-refractivity contribution < 1.29 is 4.42 Å². The summed E-state index contributed by atoms with van der Waals surface area (Å²) in [4.78, 5) is 1.15. The summed E-state index contributed by atoms with van der Waals surface area (Å²) in [7, 11) is 0. The zero-order valence-electron chi connectivity index (χ0n) is 5.58. The summed E-state index contributed by atoms with van der Waals surface area (Å²) in [6.07, 6.45) is 1.68. The number of hydrogen-bond donors (Lipinski definition) is 0. The lowest BCUT2D eigenvalue weighted by Gasteiger charge is -1.89. The van der Waals surface area contributed by atoms with E-state index in [9.17, 15) is 0 Å². The summed E-state index contributed by atoms with van der Waals surface area (Å²) < 4.78 is 6.33. The third-order valence-electron chi connectivity index (χ3n) is 1.36. The fourth-order valence-electron chi connectivity index (χ4n) is 0.877. The highest BCUT2D eigenvalue weighted by Gasteiger charge is 2.05. The number of furan rings is 1. The Kier molecular flexibility index (Phi) is 1.84. The zero-order valence-corrected chi connectivity index (χ0v) is 7.98. The van der Waals surface area contributed by atoms with Crippen molar-refractivity contribution in [1.29, 1.82) is 0 Å². The monoisotopic (exact) mass is 228 g/mol. The van der Waals surface area contributed by atoms with Gasteiger partial charge >= 0.3 is 0 Å². The molecule has 0 N–H and O–H groups in total. The molecule has 0 unspecified atom stereocenters. The third-order valence-corrected chi connectivity index (χ3v) is 3.21. The van der Waals surface area contributed by atoms with Gasteiger partial charge in [-0.05, 0) is 39.5 Å². The van der Waals surface area contributed by atoms with Gasteiger partial charge in [-0.15, -0.1) is 11.3 Å². The van der Waals surface area contributed by atoms with Gasteiger partial charge in [0.25, 0.3) is 0 Å². The molecule has 0 aliphatic carbocycles. The van der Waals surface area contributed by atoms with Crippen molar-refractivity contribution in [3.63, 3.8) is 0 Å². The van der Waals surface area contributed by atoms with Crippen molar-refractivity contribution >= 4 is 27.3 Å². The van der Waals surface area contributed by atoms with Crippen LogP contribution in [-0.4, -0.2) is 0 Å². The van der Waals surface area contributed by atoms with Crippen molar-refractivity contribution in [2.75, 3.05) is 0 Å². The Labute approximate surface area is 76.8 Å². The SMILES string of the molecule is Brc1ccsc1-c1ccco1. The average Bonchev–Trinajstić information content (AvgIpc) is 2.55. The van der Waals surface area contributed by atoms with E-state index in [0.29, 0.717) is 0 Å². The third kappa shape index (κ3) is 1.26. The summed E-state index contributed by atoms with van der Waals surface area (Å²) in [6, 6.07) is 5.86. The van der Waals surface area contributed by atoms with E-state index in [-0.39, 0.29) is 0 Å². The molecule has 1 nitrogen and oxygen atoms in total. The lowest BCUT2D eigenvalue weighted by Crippen LogP contribution is -1.63. The fourth-order valence-corrected chi connectivity index (χ4v) is 2.41. The van der Waals surface area contributed by atoms with E-state index in [0.717, 1.165) is 15.1 Å². The van der Waals surface area contributed by atoms with Crippen LogP contribution in [0, 0.1) is 0 Å². The zero-order chi connectivity index (χ0) is 7.68. The standard InChI is InChI=1S/C8H5BrOS/c9-6-3-5-11-8(6)7-2-1-4-10-7/h1-5H. The highest BCUT2D eigenvalue weighted by atomic mass is 79.9. The molecule has 0 bridgehead atoms. The van der Waals surface area contributed by atoms with Crippen LogP contribution in [0.5, 0.6) is 0 Å². The maximum atomic E-state index is 5.24. The molecule has 0 spiro atoms. The van der Waals surface area contributed by atoms with Crippen LogP contribution in [0.2, 0.25) is 0 Å². The molecule has 2 aromatic rings. The molecule has 0 saturated heterocycles. The molecule has 0 atom stereocenters. The Morgan fingerprint density at radius 2 is 2.27 bits per heavy atom. The number of hydrogen-bond acceptors (Lipinski definition) is 2. The largest absolute Gasteiger partial charge is 0.463 e. The van der Waals surface area contributed by atoms with Crippen LogP contribution >= 0.6 is 27.3 Å². The molecular weight excluding hydrogens is 224 g/mol. The van der Waals surface area contributed by atoms with E-state index in [1.54, 1.807) is 17.6 Å². The summed E-state index contributed by atoms with van der Waals surface area (Å²) in [5, 5.41) is 2.03. The molecule has 2 heterocycles. The van der Waals surface area contributed by atoms with Crippen molar-refractivity contribution in [2.45, 2.75) is 0 Å². The molecular formula is C8H5BrOS. The Morgan fingerprint density at radius 1 is 1.36 bits per heavy atom. The smallest absolute Gasteiger partial charge is 0.144 e. The average molecular weight is 229 g/mol. The molecule has 2 aromatic heterocycles. The summed E-state index contributed by atoms with van der Waals surface area (Å²) in [6.45, 7) is 0. The summed E-state index contributed by atoms with van der Waals surface area (Å²) >= 11 is 5.10. The van der Waals surface area contributed by atoms with Gasteiger partial charge in [-0.2, -0.15) is 0 Å². The van der Waals surface area contributed by atoms with Gasteiger partial charge in [-0.1, -0.05) is 0 Å². The lowest BCUT2D eigenvalue weighted by molar-refractivity contribution is 0.583. The highest BCUT2D eigenvalue weighted by molar-refractivity contribution is 9.10. The number of rotatable bonds is 1. The maximum absolute atomic E-state index is 5.24. The van der Waals surface area contributed by atoms with Crippen LogP contribution < -0.4 is 0 Å². The van der Waals surface area contributed by atoms with Gasteiger partial charge in [0.15, 0.2) is 0 Å². The van der Waals surface area contributed by atoms with Crippen molar-refractivity contribution in [3.8, 4) is 10.6 Å². The predicted molar refractivity (Wildman–Crippen MR) is 49.7 cm³/mol. The molecule has 0 aliphatic rings. The second-order valence-electron chi connectivity index (χ2n) is 2.07. The number of thiophene rings is 1. The maximum Gasteiger partial charge on any atom is 0.144 e. The van der Waals surface area contributed by atoms with E-state index < -0.39 is 0 Å². The van der Waals surface area contributed by atoms with Crippen LogP contribution in [0.1, 0.15) is 0 Å². The first-order valence-electron chi connectivity index (χ1n) is 3.15. The van der Waals surface area contributed by atoms with E-state index in [1.165, 1.54) is 0 Å². The lowest BCUT2D eigenvalue weighted by atomic mass is 10.4. The van der Waals surface area contributed by atoms with Crippen LogP contribution in [-0.2, 0) is 0 Å². The van der Waals surface area contributed by atoms with Gasteiger partial charge in [-0.3, -0.25) is 0 Å². The van der Waals surface area contributed by atoms with Crippen molar-refractivity contribution in [3.05, 3.63) is 34.3 Å². The van der Waals surface area contributed by atoms with Gasteiger partial charge in [-0.25, -0.2) is 0 Å². The van der Waals surface area contributed by atoms with Crippen molar-refractivity contribution in [2.24, 2.45) is 0 Å². The predicted octanol–water partition coefficient (Wildman–Crippen LogP) is 3.77. The molecule has 3 heteroatoms. The molecule has 2 rings (SSSR count). The first-order valence-corrected chi connectivity index (χ1v) is 4.82. The molecule has 0 aromatic carbocycles. The van der Waals surface area contributed by atoms with E-state index in [2.05, 4.69) is 15.9 Å². The Morgan fingerprint density at radius 3 is 2.82 bits per heavy atom. The van der Waals surface area contributed by atoms with Crippen molar-refractivity contribution in [1.82, 2.24) is 0 Å². The minimum absolute atomic E-state index is 0.923. The van der Waals surface area contributed by atoms with Gasteiger partial charge in [0.1, 0.15) is 5.76 Å². The number of halogens is 1. The molecule has 56 valence electrons. The highest BCUT2D eigenvalue weighted by Crippen LogP contribution is 2.33. The van der Waals surface area contributed by atoms with Gasteiger partial charge < -0.3 is 4.42 Å². The van der Waals surface area contributed by atoms with Gasteiger partial charge in [0.2, 0.25) is 0 Å². The molecule has 0 saturated carbocycles. The first kappa shape index (κ1) is 7.13. The second-order valence-corrected chi connectivity index (χ2v) is 3.85. The summed E-state index contributed by atoms with van der Waals surface area (Å²) in [5.74, 6) is 0.923. The molecule has 0 aliphatic heterocycles. The van der Waals surface area contributed by atoms with Gasteiger partial charge in [0.05, 0.1) is 11.1 Å². The Balaban J connectivity index is 2.53. The van der Waals surface area contributed by atoms with Crippen LogP contribution in [0.4, 0.5) is 0 Å². The van der Waals surface area contributed by atoms with Gasteiger partial charge in [0, 0.05) is 4.47 Å². The second kappa shape index (κ2) is 2.83. The quantitative estimate of drug-likeness (QED) is 0.725. The minimum Gasteiger partial charge on any atom is -0.463 e. The normalized spacial score (nSPS) is 10.3. The van der Waals surface area contributed by atoms with Crippen LogP contribution in [0.3, 0.4) is 0 Å². The molecule has 0 fully saturated rings. The first-order chi connectivity index (χ1) is 5.38. The van der Waals surface area contributed by atoms with E-state index >= 15 is 0 Å². The Bertz CT molecular complexity index is 337. The molecule has 11 heavy (non-hydrogen) atoms. The van der Waals surface area contributed by atoms with E-state index in [4.69, 9.17) is 4.42 Å². The fraction of sp³-hybridized carbons (Fsp3) is 0. The Hall–Kier alpha value is -0.540. The minimum atomic E-state index is 0.923. The molecule has 0 radical (unpaired) electrons. The molecule has 0 amide bonds.